The van der Waals surface area contributed by atoms with Crippen molar-refractivity contribution in [2.75, 3.05) is 6.61 Å². The van der Waals surface area contributed by atoms with Crippen molar-refractivity contribution in [2.45, 2.75) is 52.0 Å². The Morgan fingerprint density at radius 2 is 1.95 bits per heavy atom. The summed E-state index contributed by atoms with van der Waals surface area (Å²) in [6.07, 6.45) is 4.89. The third kappa shape index (κ3) is 5.57. The molecule has 1 heterocycles. The topological polar surface area (TPSA) is 83.9 Å². The standard InChI is InChI=1S/C15H23NO5/c1-11(2)12-9-10-21-15(20)16(12)13(17)7-5-3-4-6-8-14(18)19/h3-4,11-12H,5-10H2,1-2H3,(H,18,19)/t12-/m0/s1. The maximum atomic E-state index is 12.2. The van der Waals surface area contributed by atoms with Crippen LogP contribution in [0.15, 0.2) is 12.2 Å². The molecule has 1 rings (SSSR count). The molecule has 2 amide bonds. The first-order valence-electron chi connectivity index (χ1n) is 7.29. The number of cyclic esters (lactones) is 1. The van der Waals surface area contributed by atoms with E-state index in [4.69, 9.17) is 9.84 Å². The Hall–Kier alpha value is -1.85. The van der Waals surface area contributed by atoms with Crippen LogP contribution in [-0.2, 0) is 14.3 Å². The van der Waals surface area contributed by atoms with Gasteiger partial charge in [-0.1, -0.05) is 26.0 Å². The molecule has 0 unspecified atom stereocenters. The molecule has 0 radical (unpaired) electrons. The van der Waals surface area contributed by atoms with Crippen LogP contribution in [0.3, 0.4) is 0 Å². The van der Waals surface area contributed by atoms with Crippen molar-refractivity contribution in [1.29, 1.82) is 0 Å². The number of imide groups is 1. The first-order chi connectivity index (χ1) is 9.93. The summed E-state index contributed by atoms with van der Waals surface area (Å²) < 4.78 is 4.95. The fourth-order valence-corrected chi connectivity index (χ4v) is 2.29. The molecule has 1 fully saturated rings. The van der Waals surface area contributed by atoms with Gasteiger partial charge in [0.1, 0.15) is 0 Å². The van der Waals surface area contributed by atoms with Crippen LogP contribution >= 0.6 is 0 Å². The molecule has 1 saturated heterocycles. The lowest BCUT2D eigenvalue weighted by Gasteiger charge is -2.35. The number of carbonyl (C=O) groups excluding carboxylic acids is 2. The molecule has 0 bridgehead atoms. The number of rotatable bonds is 7. The van der Waals surface area contributed by atoms with E-state index in [0.717, 1.165) is 0 Å². The monoisotopic (exact) mass is 297 g/mol. The number of carbonyl (C=O) groups is 3. The van der Waals surface area contributed by atoms with Crippen LogP contribution < -0.4 is 0 Å². The normalized spacial score (nSPS) is 19.1. The van der Waals surface area contributed by atoms with Crippen LogP contribution in [0.2, 0.25) is 0 Å². The lowest BCUT2D eigenvalue weighted by Crippen LogP contribution is -2.51. The summed E-state index contributed by atoms with van der Waals surface area (Å²) >= 11 is 0. The van der Waals surface area contributed by atoms with Crippen molar-refractivity contribution >= 4 is 18.0 Å². The Balaban J connectivity index is 2.45. The van der Waals surface area contributed by atoms with Crippen molar-refractivity contribution in [3.8, 4) is 0 Å². The zero-order chi connectivity index (χ0) is 15.8. The number of allylic oxidation sites excluding steroid dienone is 2. The molecule has 0 aliphatic carbocycles. The maximum absolute atomic E-state index is 12.2. The number of aliphatic carboxylic acids is 1. The largest absolute Gasteiger partial charge is 0.481 e. The average Bonchev–Trinajstić information content (AvgIpc) is 2.41. The van der Waals surface area contributed by atoms with Crippen molar-refractivity contribution in [2.24, 2.45) is 5.92 Å². The van der Waals surface area contributed by atoms with Gasteiger partial charge in [-0.3, -0.25) is 9.59 Å². The molecule has 21 heavy (non-hydrogen) atoms. The zero-order valence-electron chi connectivity index (χ0n) is 12.6. The number of carboxylic acid groups (broad SMARTS) is 1. The minimum atomic E-state index is -0.841. The van der Waals surface area contributed by atoms with Crippen molar-refractivity contribution in [3.05, 3.63) is 12.2 Å². The second-order valence-corrected chi connectivity index (χ2v) is 5.42. The second kappa shape index (κ2) is 8.44. The van der Waals surface area contributed by atoms with Gasteiger partial charge in [0, 0.05) is 25.3 Å². The van der Waals surface area contributed by atoms with E-state index >= 15 is 0 Å². The van der Waals surface area contributed by atoms with E-state index in [1.165, 1.54) is 4.90 Å². The van der Waals surface area contributed by atoms with Crippen LogP contribution in [0.25, 0.3) is 0 Å². The lowest BCUT2D eigenvalue weighted by atomic mass is 9.98. The summed E-state index contributed by atoms with van der Waals surface area (Å²) in [6.45, 7) is 4.32. The molecule has 6 nitrogen and oxygen atoms in total. The Morgan fingerprint density at radius 1 is 1.33 bits per heavy atom. The van der Waals surface area contributed by atoms with Crippen LogP contribution in [0.1, 0.15) is 46.0 Å². The van der Waals surface area contributed by atoms with Gasteiger partial charge in [-0.15, -0.1) is 0 Å². The van der Waals surface area contributed by atoms with E-state index in [9.17, 15) is 14.4 Å². The first-order valence-corrected chi connectivity index (χ1v) is 7.29. The Kier molecular flexibility index (Phi) is 6.91. The van der Waals surface area contributed by atoms with Gasteiger partial charge in [0.25, 0.3) is 0 Å². The highest BCUT2D eigenvalue weighted by molar-refractivity contribution is 5.92. The molecule has 1 atom stereocenters. The van der Waals surface area contributed by atoms with Gasteiger partial charge in [0.15, 0.2) is 0 Å². The molecular formula is C15H23NO5. The number of carboxylic acids is 1. The summed E-state index contributed by atoms with van der Waals surface area (Å²) in [5.74, 6) is -0.874. The van der Waals surface area contributed by atoms with E-state index in [1.807, 2.05) is 13.8 Å². The molecule has 0 spiro atoms. The third-order valence-corrected chi connectivity index (χ3v) is 3.42. The van der Waals surface area contributed by atoms with E-state index in [2.05, 4.69) is 0 Å². The fraction of sp³-hybridized carbons (Fsp3) is 0.667. The van der Waals surface area contributed by atoms with Crippen LogP contribution in [0, 0.1) is 5.92 Å². The molecule has 6 heteroatoms. The zero-order valence-corrected chi connectivity index (χ0v) is 12.6. The molecule has 0 aromatic carbocycles. The van der Waals surface area contributed by atoms with E-state index in [-0.39, 0.29) is 30.7 Å². The second-order valence-electron chi connectivity index (χ2n) is 5.42. The van der Waals surface area contributed by atoms with E-state index in [0.29, 0.717) is 25.9 Å². The van der Waals surface area contributed by atoms with Crippen molar-refractivity contribution < 1.29 is 24.2 Å². The highest BCUT2D eigenvalue weighted by atomic mass is 16.6. The van der Waals surface area contributed by atoms with Crippen LogP contribution in [-0.4, -0.2) is 40.6 Å². The molecule has 1 aliphatic rings. The van der Waals surface area contributed by atoms with Gasteiger partial charge in [0.05, 0.1) is 6.61 Å². The smallest absolute Gasteiger partial charge is 0.416 e. The van der Waals surface area contributed by atoms with Gasteiger partial charge in [-0.05, 0) is 18.8 Å². The summed E-state index contributed by atoms with van der Waals surface area (Å²) in [4.78, 5) is 35.5. The Morgan fingerprint density at radius 3 is 2.52 bits per heavy atom. The summed E-state index contributed by atoms with van der Waals surface area (Å²) in [5.41, 5.74) is 0. The average molecular weight is 297 g/mol. The molecule has 1 N–H and O–H groups in total. The quantitative estimate of drug-likeness (QED) is 0.730. The minimum absolute atomic E-state index is 0.0817. The highest BCUT2D eigenvalue weighted by Crippen LogP contribution is 2.21. The summed E-state index contributed by atoms with van der Waals surface area (Å²) in [5, 5.41) is 8.49. The SMILES string of the molecule is CC(C)[C@@H]1CCOC(=O)N1C(=O)CCC=CCCC(=O)O. The van der Waals surface area contributed by atoms with Gasteiger partial charge >= 0.3 is 12.1 Å². The fourth-order valence-electron chi connectivity index (χ4n) is 2.29. The number of hydrogen-bond donors (Lipinski definition) is 1. The number of amides is 2. The minimum Gasteiger partial charge on any atom is -0.481 e. The van der Waals surface area contributed by atoms with Crippen LogP contribution in [0.5, 0.6) is 0 Å². The maximum Gasteiger partial charge on any atom is 0.416 e. The van der Waals surface area contributed by atoms with Gasteiger partial charge in [-0.2, -0.15) is 0 Å². The highest BCUT2D eigenvalue weighted by Gasteiger charge is 2.35. The van der Waals surface area contributed by atoms with Gasteiger partial charge < -0.3 is 9.84 Å². The van der Waals surface area contributed by atoms with E-state index in [1.54, 1.807) is 12.2 Å². The molecule has 1 aliphatic heterocycles. The predicted octanol–water partition coefficient (Wildman–Crippen LogP) is 2.58. The van der Waals surface area contributed by atoms with Crippen LogP contribution in [0.4, 0.5) is 4.79 Å². The molecule has 118 valence electrons. The molecule has 0 aromatic heterocycles. The number of ether oxygens (including phenoxy) is 1. The number of hydrogen-bond acceptors (Lipinski definition) is 4. The first kappa shape index (κ1) is 17.2. The summed E-state index contributed by atoms with van der Waals surface area (Å²) in [6, 6.07) is -0.102. The number of nitrogens with zero attached hydrogens (tertiary/aromatic N) is 1. The van der Waals surface area contributed by atoms with Gasteiger partial charge in [0.2, 0.25) is 5.91 Å². The van der Waals surface area contributed by atoms with Gasteiger partial charge in [-0.25, -0.2) is 9.69 Å². The Bertz CT molecular complexity index is 416. The van der Waals surface area contributed by atoms with E-state index < -0.39 is 12.1 Å². The lowest BCUT2D eigenvalue weighted by molar-refractivity contribution is -0.137. The molecule has 0 saturated carbocycles. The predicted molar refractivity (Wildman–Crippen MR) is 76.7 cm³/mol. The Labute approximate surface area is 124 Å². The van der Waals surface area contributed by atoms with Crippen molar-refractivity contribution in [3.63, 3.8) is 0 Å². The molecule has 0 aromatic rings. The molecular weight excluding hydrogens is 274 g/mol. The third-order valence-electron chi connectivity index (χ3n) is 3.42. The summed E-state index contributed by atoms with van der Waals surface area (Å²) in [7, 11) is 0. The van der Waals surface area contributed by atoms with Crippen molar-refractivity contribution in [1.82, 2.24) is 4.90 Å².